The summed E-state index contributed by atoms with van der Waals surface area (Å²) in [7, 11) is 2.12. The first-order valence-electron chi connectivity index (χ1n) is 13.7. The zero-order valence-corrected chi connectivity index (χ0v) is 22.9. The largest absolute Gasteiger partial charge is 0.345 e. The maximum Gasteiger partial charge on any atom is 0.0467 e. The van der Waals surface area contributed by atoms with Crippen molar-refractivity contribution in [1.82, 2.24) is 0 Å². The van der Waals surface area contributed by atoms with Gasteiger partial charge in [-0.25, -0.2) is 0 Å². The molecule has 6 rings (SSSR count). The average molecular weight is 517 g/mol. The summed E-state index contributed by atoms with van der Waals surface area (Å²) in [6.07, 6.45) is 0. The Kier molecular flexibility index (Phi) is 7.15. The predicted octanol–water partition coefficient (Wildman–Crippen LogP) is 10.6. The Morgan fingerprint density at radius 3 is 1.23 bits per heavy atom. The van der Waals surface area contributed by atoms with E-state index in [1.54, 1.807) is 0 Å². The lowest BCUT2D eigenvalue weighted by Gasteiger charge is -2.27. The summed E-state index contributed by atoms with van der Waals surface area (Å²) in [5.41, 5.74) is 11.7. The lowest BCUT2D eigenvalue weighted by Crippen LogP contribution is -2.12. The van der Waals surface area contributed by atoms with Crippen LogP contribution in [0.25, 0.3) is 22.3 Å². The van der Waals surface area contributed by atoms with E-state index in [1.165, 1.54) is 33.5 Å². The molecule has 194 valence electrons. The molecule has 0 amide bonds. The second kappa shape index (κ2) is 11.3. The van der Waals surface area contributed by atoms with Gasteiger partial charge >= 0.3 is 0 Å². The fourth-order valence-electron chi connectivity index (χ4n) is 5.10. The number of hydrogen-bond donors (Lipinski definition) is 0. The predicted molar refractivity (Wildman–Crippen MR) is 171 cm³/mol. The van der Waals surface area contributed by atoms with Crippen molar-refractivity contribution in [2.24, 2.45) is 0 Å². The first-order chi connectivity index (χ1) is 19.7. The van der Waals surface area contributed by atoms with E-state index in [2.05, 4.69) is 181 Å². The van der Waals surface area contributed by atoms with E-state index < -0.39 is 0 Å². The fourth-order valence-corrected chi connectivity index (χ4v) is 5.10. The highest BCUT2D eigenvalue weighted by molar-refractivity contribution is 5.83. The van der Waals surface area contributed by atoms with Gasteiger partial charge in [0.1, 0.15) is 0 Å². The third kappa shape index (κ3) is 5.39. The molecule has 2 heteroatoms. The summed E-state index contributed by atoms with van der Waals surface area (Å²) < 4.78 is 0. The molecule has 0 fully saturated rings. The van der Waals surface area contributed by atoms with Crippen molar-refractivity contribution in [2.75, 3.05) is 16.8 Å². The van der Waals surface area contributed by atoms with Crippen molar-refractivity contribution in [1.29, 1.82) is 0 Å². The van der Waals surface area contributed by atoms with Crippen LogP contribution in [0.15, 0.2) is 158 Å². The SMILES string of the molecule is Cc1ccc(N(C)c2ccc(N(c3cccc(-c4ccccc4)c3)c3cccc(-c4ccccc4)c3)cc2)cc1. The molecule has 0 unspecified atom stereocenters. The van der Waals surface area contributed by atoms with Gasteiger partial charge in [0.05, 0.1) is 0 Å². The molecule has 0 aliphatic heterocycles. The lowest BCUT2D eigenvalue weighted by atomic mass is 10.0. The van der Waals surface area contributed by atoms with Gasteiger partial charge in [-0.05, 0) is 89.8 Å². The van der Waals surface area contributed by atoms with Crippen LogP contribution in [-0.4, -0.2) is 7.05 Å². The highest BCUT2D eigenvalue weighted by Gasteiger charge is 2.15. The maximum absolute atomic E-state index is 2.34. The molecule has 0 bridgehead atoms. The first-order valence-corrected chi connectivity index (χ1v) is 13.7. The minimum atomic E-state index is 1.11. The molecule has 0 heterocycles. The molecule has 0 radical (unpaired) electrons. The van der Waals surface area contributed by atoms with Gasteiger partial charge < -0.3 is 9.80 Å². The van der Waals surface area contributed by atoms with Gasteiger partial charge in [-0.1, -0.05) is 103 Å². The molecule has 0 aliphatic carbocycles. The Bertz CT molecular complexity index is 1610. The number of hydrogen-bond acceptors (Lipinski definition) is 2. The van der Waals surface area contributed by atoms with Crippen LogP contribution in [0.4, 0.5) is 28.4 Å². The van der Waals surface area contributed by atoms with Gasteiger partial charge in [0, 0.05) is 35.5 Å². The van der Waals surface area contributed by atoms with Crippen LogP contribution >= 0.6 is 0 Å². The third-order valence-electron chi connectivity index (χ3n) is 7.34. The maximum atomic E-state index is 2.34. The molecule has 40 heavy (non-hydrogen) atoms. The molecule has 0 aromatic heterocycles. The summed E-state index contributed by atoms with van der Waals surface area (Å²) in [5.74, 6) is 0. The number of rotatable bonds is 7. The van der Waals surface area contributed by atoms with Crippen molar-refractivity contribution < 1.29 is 0 Å². The summed E-state index contributed by atoms with van der Waals surface area (Å²) in [4.78, 5) is 4.56. The molecule has 2 nitrogen and oxygen atoms in total. The number of nitrogens with zero attached hydrogens (tertiary/aromatic N) is 2. The molecule has 6 aromatic carbocycles. The van der Waals surface area contributed by atoms with Crippen molar-refractivity contribution >= 4 is 28.4 Å². The first kappa shape index (κ1) is 25.2. The molecular weight excluding hydrogens is 484 g/mol. The monoisotopic (exact) mass is 516 g/mol. The van der Waals surface area contributed by atoms with Gasteiger partial charge in [-0.2, -0.15) is 0 Å². The molecule has 0 saturated carbocycles. The van der Waals surface area contributed by atoms with E-state index in [9.17, 15) is 0 Å². The molecule has 0 spiro atoms. The zero-order valence-electron chi connectivity index (χ0n) is 22.9. The van der Waals surface area contributed by atoms with Crippen LogP contribution in [0.5, 0.6) is 0 Å². The average Bonchev–Trinajstić information content (AvgIpc) is 3.03. The topological polar surface area (TPSA) is 6.48 Å². The summed E-state index contributed by atoms with van der Waals surface area (Å²) in [6, 6.07) is 56.2. The highest BCUT2D eigenvalue weighted by Crippen LogP contribution is 2.39. The van der Waals surface area contributed by atoms with Gasteiger partial charge in [0.25, 0.3) is 0 Å². The minimum Gasteiger partial charge on any atom is -0.345 e. The summed E-state index contributed by atoms with van der Waals surface area (Å²) in [6.45, 7) is 2.12. The lowest BCUT2D eigenvalue weighted by molar-refractivity contribution is 1.20. The van der Waals surface area contributed by atoms with E-state index in [-0.39, 0.29) is 0 Å². The van der Waals surface area contributed by atoms with E-state index >= 15 is 0 Å². The molecule has 0 saturated heterocycles. The van der Waals surface area contributed by atoms with Gasteiger partial charge in [-0.15, -0.1) is 0 Å². The van der Waals surface area contributed by atoms with E-state index in [1.807, 2.05) is 0 Å². The van der Waals surface area contributed by atoms with Crippen molar-refractivity contribution in [2.45, 2.75) is 6.92 Å². The molecule has 0 aliphatic rings. The highest BCUT2D eigenvalue weighted by atomic mass is 15.1. The van der Waals surface area contributed by atoms with Crippen molar-refractivity contribution in [3.05, 3.63) is 163 Å². The number of benzene rings is 6. The second-order valence-electron chi connectivity index (χ2n) is 10.1. The minimum absolute atomic E-state index is 1.11. The van der Waals surface area contributed by atoms with Crippen LogP contribution in [0.2, 0.25) is 0 Å². The fraction of sp³-hybridized carbons (Fsp3) is 0.0526. The Hall–Kier alpha value is -5.08. The third-order valence-corrected chi connectivity index (χ3v) is 7.34. The Balaban J connectivity index is 1.42. The van der Waals surface area contributed by atoms with Gasteiger partial charge in [-0.3, -0.25) is 0 Å². The number of anilines is 5. The quantitative estimate of drug-likeness (QED) is 0.208. The smallest absolute Gasteiger partial charge is 0.0467 e. The standard InChI is InChI=1S/C38H32N2/c1-29-19-21-34(22-20-29)39(2)35-23-25-36(26-24-35)40(37-17-9-15-32(27-37)30-11-5-3-6-12-30)38-18-10-16-33(28-38)31-13-7-4-8-14-31/h3-28H,1-2H3. The van der Waals surface area contributed by atoms with Crippen LogP contribution in [0, 0.1) is 6.92 Å². The van der Waals surface area contributed by atoms with Crippen LogP contribution < -0.4 is 9.80 Å². The van der Waals surface area contributed by atoms with Gasteiger partial charge in [0.15, 0.2) is 0 Å². The normalized spacial score (nSPS) is 10.8. The van der Waals surface area contributed by atoms with E-state index in [0.29, 0.717) is 0 Å². The Morgan fingerprint density at radius 2 is 0.750 bits per heavy atom. The summed E-state index contributed by atoms with van der Waals surface area (Å²) >= 11 is 0. The Labute approximate surface area is 237 Å². The molecule has 0 atom stereocenters. The van der Waals surface area contributed by atoms with E-state index in [0.717, 1.165) is 22.7 Å². The van der Waals surface area contributed by atoms with Crippen LogP contribution in [0.1, 0.15) is 5.56 Å². The van der Waals surface area contributed by atoms with Crippen molar-refractivity contribution in [3.63, 3.8) is 0 Å². The molecule has 0 N–H and O–H groups in total. The van der Waals surface area contributed by atoms with Crippen LogP contribution in [-0.2, 0) is 0 Å². The molecule has 6 aromatic rings. The van der Waals surface area contributed by atoms with Gasteiger partial charge in [0.2, 0.25) is 0 Å². The van der Waals surface area contributed by atoms with Crippen molar-refractivity contribution in [3.8, 4) is 22.3 Å². The van der Waals surface area contributed by atoms with E-state index in [4.69, 9.17) is 0 Å². The summed E-state index contributed by atoms with van der Waals surface area (Å²) in [5, 5.41) is 0. The van der Waals surface area contributed by atoms with Crippen LogP contribution in [0.3, 0.4) is 0 Å². The molecular formula is C38H32N2. The Morgan fingerprint density at radius 1 is 0.350 bits per heavy atom. The number of aryl methyl sites for hydroxylation is 1. The zero-order chi connectivity index (χ0) is 27.3. The second-order valence-corrected chi connectivity index (χ2v) is 10.1.